The van der Waals surface area contributed by atoms with E-state index in [9.17, 15) is 0 Å². The normalized spacial score (nSPS) is 24.2. The van der Waals surface area contributed by atoms with Crippen LogP contribution in [0.3, 0.4) is 0 Å². The second-order valence-corrected chi connectivity index (χ2v) is 6.63. The van der Waals surface area contributed by atoms with Gasteiger partial charge in [-0.3, -0.25) is 0 Å². The maximum absolute atomic E-state index is 6.05. The van der Waals surface area contributed by atoms with Gasteiger partial charge in [0.05, 0.1) is 30.6 Å². The van der Waals surface area contributed by atoms with Crippen molar-refractivity contribution in [2.24, 2.45) is 0 Å². The molecule has 1 N–H and O–H groups in total. The molecule has 0 aliphatic carbocycles. The standard InChI is InChI=1S/C15H26N2O2S/c1-5-12-11(3)20-15(17-12)14(16-8-9-18-4)13-7-6-10(2)19-13/h10,13-14,16H,5-9H2,1-4H3. The number of rotatable bonds is 7. The quantitative estimate of drug-likeness (QED) is 0.786. The van der Waals surface area contributed by atoms with Crippen LogP contribution in [0.5, 0.6) is 0 Å². The minimum absolute atomic E-state index is 0.194. The third-order valence-electron chi connectivity index (χ3n) is 3.82. The molecule has 1 aliphatic rings. The Morgan fingerprint density at radius 2 is 2.30 bits per heavy atom. The molecule has 0 saturated carbocycles. The van der Waals surface area contributed by atoms with E-state index in [4.69, 9.17) is 14.5 Å². The number of nitrogens with one attached hydrogen (secondary N) is 1. The fourth-order valence-electron chi connectivity index (χ4n) is 2.68. The van der Waals surface area contributed by atoms with Crippen LogP contribution in [0.4, 0.5) is 0 Å². The molecule has 1 aromatic heterocycles. The van der Waals surface area contributed by atoms with E-state index in [1.165, 1.54) is 10.6 Å². The lowest BCUT2D eigenvalue weighted by Gasteiger charge is -2.23. The van der Waals surface area contributed by atoms with Gasteiger partial charge >= 0.3 is 0 Å². The van der Waals surface area contributed by atoms with Gasteiger partial charge in [-0.05, 0) is 33.1 Å². The summed E-state index contributed by atoms with van der Waals surface area (Å²) < 4.78 is 11.2. The van der Waals surface area contributed by atoms with Crippen molar-refractivity contribution in [3.63, 3.8) is 0 Å². The van der Waals surface area contributed by atoms with E-state index in [1.54, 1.807) is 18.4 Å². The summed E-state index contributed by atoms with van der Waals surface area (Å²) in [6, 6.07) is 0.194. The molecule has 1 fully saturated rings. The number of hydrogen-bond donors (Lipinski definition) is 1. The Labute approximate surface area is 125 Å². The zero-order chi connectivity index (χ0) is 14.5. The molecule has 0 radical (unpaired) electrons. The van der Waals surface area contributed by atoms with Crippen LogP contribution in [0.2, 0.25) is 0 Å². The lowest BCUT2D eigenvalue weighted by Crippen LogP contribution is -2.34. The molecule has 3 unspecified atom stereocenters. The second-order valence-electron chi connectivity index (χ2n) is 5.40. The predicted molar refractivity (Wildman–Crippen MR) is 82.4 cm³/mol. The van der Waals surface area contributed by atoms with Crippen molar-refractivity contribution in [1.82, 2.24) is 10.3 Å². The predicted octanol–water partition coefficient (Wildman–Crippen LogP) is 2.86. The zero-order valence-electron chi connectivity index (χ0n) is 12.9. The highest BCUT2D eigenvalue weighted by molar-refractivity contribution is 7.11. The molecule has 1 aliphatic heterocycles. The molecule has 5 heteroatoms. The minimum Gasteiger partial charge on any atom is -0.383 e. The second kappa shape index (κ2) is 7.50. The third kappa shape index (κ3) is 3.79. The van der Waals surface area contributed by atoms with E-state index in [0.717, 1.165) is 30.8 Å². The lowest BCUT2D eigenvalue weighted by molar-refractivity contribution is 0.0299. The highest BCUT2D eigenvalue weighted by Gasteiger charge is 2.32. The van der Waals surface area contributed by atoms with Gasteiger partial charge in [-0.15, -0.1) is 11.3 Å². The Bertz CT molecular complexity index is 422. The molecule has 20 heavy (non-hydrogen) atoms. The van der Waals surface area contributed by atoms with Crippen molar-refractivity contribution in [1.29, 1.82) is 0 Å². The van der Waals surface area contributed by atoms with Crippen molar-refractivity contribution in [3.8, 4) is 0 Å². The summed E-state index contributed by atoms with van der Waals surface area (Å²) in [7, 11) is 1.73. The molecule has 1 saturated heterocycles. The van der Waals surface area contributed by atoms with Crippen LogP contribution in [0.1, 0.15) is 48.3 Å². The van der Waals surface area contributed by atoms with E-state index in [0.29, 0.717) is 12.7 Å². The summed E-state index contributed by atoms with van der Waals surface area (Å²) in [5.41, 5.74) is 1.22. The van der Waals surface area contributed by atoms with Gasteiger partial charge in [0.15, 0.2) is 0 Å². The average molecular weight is 298 g/mol. The Hall–Kier alpha value is -0.490. The number of thiazole rings is 1. The van der Waals surface area contributed by atoms with Crippen molar-refractivity contribution in [3.05, 3.63) is 15.6 Å². The van der Waals surface area contributed by atoms with Crippen LogP contribution in [0.15, 0.2) is 0 Å². The first-order valence-electron chi connectivity index (χ1n) is 7.49. The SMILES string of the molecule is CCc1nc(C(NCCOC)C2CCC(C)O2)sc1C. The molecule has 2 heterocycles. The summed E-state index contributed by atoms with van der Waals surface area (Å²) in [6.45, 7) is 8.01. The summed E-state index contributed by atoms with van der Waals surface area (Å²) in [6.07, 6.45) is 3.83. The van der Waals surface area contributed by atoms with Gasteiger partial charge in [0.25, 0.3) is 0 Å². The van der Waals surface area contributed by atoms with Gasteiger partial charge in [0.2, 0.25) is 0 Å². The molecular weight excluding hydrogens is 272 g/mol. The Morgan fingerprint density at radius 1 is 1.50 bits per heavy atom. The number of hydrogen-bond acceptors (Lipinski definition) is 5. The molecule has 1 aromatic rings. The number of ether oxygens (including phenoxy) is 2. The molecule has 114 valence electrons. The Morgan fingerprint density at radius 3 is 2.85 bits per heavy atom. The molecular formula is C15H26N2O2S. The van der Waals surface area contributed by atoms with E-state index < -0.39 is 0 Å². The van der Waals surface area contributed by atoms with E-state index in [-0.39, 0.29) is 12.1 Å². The van der Waals surface area contributed by atoms with Crippen molar-refractivity contribution >= 4 is 11.3 Å². The van der Waals surface area contributed by atoms with Gasteiger partial charge in [-0.1, -0.05) is 6.92 Å². The molecule has 4 nitrogen and oxygen atoms in total. The highest BCUT2D eigenvalue weighted by atomic mass is 32.1. The van der Waals surface area contributed by atoms with Crippen LogP contribution in [0, 0.1) is 6.92 Å². The number of nitrogens with zero attached hydrogens (tertiary/aromatic N) is 1. The van der Waals surface area contributed by atoms with Gasteiger partial charge in [-0.2, -0.15) is 0 Å². The van der Waals surface area contributed by atoms with Crippen LogP contribution in [-0.2, 0) is 15.9 Å². The van der Waals surface area contributed by atoms with E-state index in [1.807, 2.05) is 0 Å². The first kappa shape index (κ1) is 15.9. The summed E-state index contributed by atoms with van der Waals surface area (Å²) in [5.74, 6) is 0. The summed E-state index contributed by atoms with van der Waals surface area (Å²) >= 11 is 1.80. The monoisotopic (exact) mass is 298 g/mol. The molecule has 0 spiro atoms. The number of aromatic nitrogens is 1. The minimum atomic E-state index is 0.194. The molecule has 3 atom stereocenters. The first-order valence-corrected chi connectivity index (χ1v) is 8.31. The maximum Gasteiger partial charge on any atom is 0.113 e. The van der Waals surface area contributed by atoms with E-state index >= 15 is 0 Å². The van der Waals surface area contributed by atoms with Crippen LogP contribution >= 0.6 is 11.3 Å². The Balaban J connectivity index is 2.11. The fourth-order valence-corrected chi connectivity index (χ4v) is 3.82. The number of methoxy groups -OCH3 is 1. The molecule has 0 amide bonds. The van der Waals surface area contributed by atoms with Gasteiger partial charge < -0.3 is 14.8 Å². The smallest absolute Gasteiger partial charge is 0.113 e. The summed E-state index contributed by atoms with van der Waals surface area (Å²) in [4.78, 5) is 6.14. The topological polar surface area (TPSA) is 43.4 Å². The highest BCUT2D eigenvalue weighted by Crippen LogP contribution is 2.33. The largest absolute Gasteiger partial charge is 0.383 e. The lowest BCUT2D eigenvalue weighted by atomic mass is 10.1. The Kier molecular flexibility index (Phi) is 5.96. The third-order valence-corrected chi connectivity index (χ3v) is 4.91. The molecule has 0 aromatic carbocycles. The maximum atomic E-state index is 6.05. The van der Waals surface area contributed by atoms with Crippen molar-refractivity contribution in [2.45, 2.75) is 58.3 Å². The molecule has 0 bridgehead atoms. The average Bonchev–Trinajstić information content (AvgIpc) is 3.01. The zero-order valence-corrected chi connectivity index (χ0v) is 13.8. The van der Waals surface area contributed by atoms with Crippen LogP contribution < -0.4 is 5.32 Å². The van der Waals surface area contributed by atoms with E-state index in [2.05, 4.69) is 26.1 Å². The molecule has 2 rings (SSSR count). The van der Waals surface area contributed by atoms with Crippen LogP contribution in [-0.4, -0.2) is 37.5 Å². The van der Waals surface area contributed by atoms with Crippen molar-refractivity contribution in [2.75, 3.05) is 20.3 Å². The summed E-state index contributed by atoms with van der Waals surface area (Å²) in [5, 5.41) is 4.72. The van der Waals surface area contributed by atoms with Gasteiger partial charge in [0.1, 0.15) is 5.01 Å². The van der Waals surface area contributed by atoms with Crippen molar-refractivity contribution < 1.29 is 9.47 Å². The van der Waals surface area contributed by atoms with Gasteiger partial charge in [-0.25, -0.2) is 4.98 Å². The fraction of sp³-hybridized carbons (Fsp3) is 0.800. The first-order chi connectivity index (χ1) is 9.65. The van der Waals surface area contributed by atoms with Gasteiger partial charge in [0, 0.05) is 18.5 Å². The number of aryl methyl sites for hydroxylation is 2. The van der Waals surface area contributed by atoms with Crippen LogP contribution in [0.25, 0.3) is 0 Å².